The van der Waals surface area contributed by atoms with Gasteiger partial charge in [0, 0.05) is 12.8 Å². The summed E-state index contributed by atoms with van der Waals surface area (Å²) in [4.78, 5) is 36.8. The predicted molar refractivity (Wildman–Crippen MR) is 214 cm³/mol. The monoisotopic (exact) mass is 748 g/mol. The average Bonchev–Trinajstić information content (AvgIpc) is 3.11. The molecule has 0 amide bonds. The Morgan fingerprint density at radius 1 is 0.585 bits per heavy atom. The Hall–Kier alpha value is -2.75. The van der Waals surface area contributed by atoms with E-state index >= 15 is 0 Å². The summed E-state index contributed by atoms with van der Waals surface area (Å²) in [6.45, 7) is 4.54. The van der Waals surface area contributed by atoms with E-state index in [1.165, 1.54) is 32.1 Å². The van der Waals surface area contributed by atoms with Gasteiger partial charge >= 0.3 is 11.9 Å². The molecular weight excluding hydrogens is 670 g/mol. The SMILES string of the molecule is CC/C=C\C/C=C\C/C=C\CCCCCCCCCC(=O)OC(COC(=O)CCCCCCC/C=C\CCCC)COC(OCC[N+](C)(C)C)C(=O)[O-]. The van der Waals surface area contributed by atoms with Crippen LogP contribution < -0.4 is 5.11 Å². The average molecular weight is 748 g/mol. The molecule has 0 bridgehead atoms. The molecule has 2 unspecified atom stereocenters. The smallest absolute Gasteiger partial charge is 0.306 e. The maximum atomic E-state index is 12.7. The van der Waals surface area contributed by atoms with Gasteiger partial charge in [-0.3, -0.25) is 9.59 Å². The van der Waals surface area contributed by atoms with Gasteiger partial charge in [-0.25, -0.2) is 0 Å². The van der Waals surface area contributed by atoms with Crippen LogP contribution >= 0.6 is 0 Å². The molecule has 0 saturated heterocycles. The molecule has 53 heavy (non-hydrogen) atoms. The number of carbonyl (C=O) groups excluding carboxylic acids is 3. The first-order valence-electron chi connectivity index (χ1n) is 20.8. The first-order chi connectivity index (χ1) is 25.6. The van der Waals surface area contributed by atoms with E-state index in [2.05, 4.69) is 62.5 Å². The van der Waals surface area contributed by atoms with Gasteiger partial charge in [0.2, 0.25) is 0 Å². The van der Waals surface area contributed by atoms with E-state index in [0.717, 1.165) is 89.9 Å². The molecule has 0 aromatic rings. The van der Waals surface area contributed by atoms with Gasteiger partial charge in [0.05, 0.1) is 40.3 Å². The third kappa shape index (κ3) is 37.4. The molecule has 0 N–H and O–H groups in total. The van der Waals surface area contributed by atoms with Crippen LogP contribution in [-0.4, -0.2) is 82.3 Å². The lowest BCUT2D eigenvalue weighted by molar-refractivity contribution is -0.870. The minimum Gasteiger partial charge on any atom is -0.545 e. The molecule has 306 valence electrons. The summed E-state index contributed by atoms with van der Waals surface area (Å²) in [5.74, 6) is -2.32. The number of rotatable bonds is 37. The zero-order valence-electron chi connectivity index (χ0n) is 34.4. The molecule has 2 atom stereocenters. The first kappa shape index (κ1) is 50.2. The fourth-order valence-corrected chi connectivity index (χ4v) is 5.29. The number of ether oxygens (including phenoxy) is 4. The molecule has 0 rings (SSSR count). The minimum absolute atomic E-state index is 0.143. The number of allylic oxidation sites excluding steroid dienone is 8. The Balaban J connectivity index is 4.50. The molecule has 0 aliphatic rings. The van der Waals surface area contributed by atoms with Crippen molar-refractivity contribution in [2.75, 3.05) is 47.5 Å². The molecule has 0 aliphatic heterocycles. The lowest BCUT2D eigenvalue weighted by Crippen LogP contribution is -2.44. The molecule has 0 aromatic carbocycles. The fourth-order valence-electron chi connectivity index (χ4n) is 5.29. The molecule has 9 nitrogen and oxygen atoms in total. The van der Waals surface area contributed by atoms with Crippen molar-refractivity contribution in [2.45, 2.75) is 167 Å². The standard InChI is InChI=1S/C44H77NO8/c1-6-8-10-12-14-16-18-19-20-21-22-23-25-27-29-31-33-35-42(47)53-40(39-52-44(43(48)49)50-37-36-45(3,4)5)38-51-41(46)34-32-30-28-26-24-17-15-13-11-9-7-2/h8,10,13-16,19-20,40,44H,6-7,9,11-12,17-18,21-39H2,1-5H3/b10-8-,15-13-,16-14-,20-19-. The molecule has 0 saturated carbocycles. The molecule has 0 fully saturated rings. The van der Waals surface area contributed by atoms with Crippen LogP contribution in [0.25, 0.3) is 0 Å². The highest BCUT2D eigenvalue weighted by atomic mass is 16.7. The second-order valence-corrected chi connectivity index (χ2v) is 14.9. The van der Waals surface area contributed by atoms with Gasteiger partial charge in [-0.15, -0.1) is 0 Å². The summed E-state index contributed by atoms with van der Waals surface area (Å²) in [6.07, 6.45) is 37.1. The van der Waals surface area contributed by atoms with E-state index in [9.17, 15) is 19.5 Å². The third-order valence-corrected chi connectivity index (χ3v) is 8.56. The highest BCUT2D eigenvalue weighted by Gasteiger charge is 2.21. The molecule has 0 radical (unpaired) electrons. The maximum absolute atomic E-state index is 12.7. The summed E-state index contributed by atoms with van der Waals surface area (Å²) >= 11 is 0. The zero-order chi connectivity index (χ0) is 39.3. The summed E-state index contributed by atoms with van der Waals surface area (Å²) in [5.41, 5.74) is 0. The van der Waals surface area contributed by atoms with Crippen LogP contribution in [0.4, 0.5) is 0 Å². The number of carboxylic acids is 1. The summed E-state index contributed by atoms with van der Waals surface area (Å²) in [5, 5.41) is 11.7. The summed E-state index contributed by atoms with van der Waals surface area (Å²) in [6, 6.07) is 0. The molecule has 0 heterocycles. The van der Waals surface area contributed by atoms with Crippen molar-refractivity contribution in [1.29, 1.82) is 0 Å². The lowest BCUT2D eigenvalue weighted by atomic mass is 10.1. The Bertz CT molecular complexity index is 1010. The molecule has 0 aliphatic carbocycles. The largest absolute Gasteiger partial charge is 0.545 e. The van der Waals surface area contributed by atoms with Crippen LogP contribution in [0.3, 0.4) is 0 Å². The number of hydrogen-bond donors (Lipinski definition) is 0. The topological polar surface area (TPSA) is 111 Å². The van der Waals surface area contributed by atoms with E-state index < -0.39 is 24.3 Å². The molecule has 0 aromatic heterocycles. The Morgan fingerprint density at radius 2 is 1.08 bits per heavy atom. The van der Waals surface area contributed by atoms with Gasteiger partial charge in [0.25, 0.3) is 0 Å². The summed E-state index contributed by atoms with van der Waals surface area (Å²) in [7, 11) is 5.89. The number of aliphatic carboxylic acids is 1. The van der Waals surface area contributed by atoms with Crippen LogP contribution in [0.5, 0.6) is 0 Å². The van der Waals surface area contributed by atoms with Crippen molar-refractivity contribution in [1.82, 2.24) is 0 Å². The van der Waals surface area contributed by atoms with Gasteiger partial charge < -0.3 is 33.3 Å². The number of quaternary nitrogens is 1. The van der Waals surface area contributed by atoms with Crippen molar-refractivity contribution in [3.05, 3.63) is 48.6 Å². The zero-order valence-corrected chi connectivity index (χ0v) is 34.4. The first-order valence-corrected chi connectivity index (χ1v) is 20.8. The van der Waals surface area contributed by atoms with Crippen molar-refractivity contribution in [3.63, 3.8) is 0 Å². The van der Waals surface area contributed by atoms with Crippen molar-refractivity contribution >= 4 is 17.9 Å². The molecular formula is C44H77NO8. The quantitative estimate of drug-likeness (QED) is 0.0204. The normalized spacial score (nSPS) is 13.5. The highest BCUT2D eigenvalue weighted by Crippen LogP contribution is 2.13. The maximum Gasteiger partial charge on any atom is 0.306 e. The Morgan fingerprint density at radius 3 is 1.62 bits per heavy atom. The number of carboxylic acid groups (broad SMARTS) is 1. The fraction of sp³-hybridized carbons (Fsp3) is 0.750. The highest BCUT2D eigenvalue weighted by molar-refractivity contribution is 5.70. The van der Waals surface area contributed by atoms with Crippen LogP contribution in [0.15, 0.2) is 48.6 Å². The van der Waals surface area contributed by atoms with Crippen LogP contribution in [0, 0.1) is 0 Å². The number of esters is 2. The van der Waals surface area contributed by atoms with Crippen molar-refractivity contribution in [3.8, 4) is 0 Å². The van der Waals surface area contributed by atoms with E-state index in [1.54, 1.807) is 0 Å². The van der Waals surface area contributed by atoms with Crippen LogP contribution in [0.1, 0.15) is 155 Å². The van der Waals surface area contributed by atoms with Crippen molar-refractivity contribution in [2.24, 2.45) is 0 Å². The number of nitrogens with zero attached hydrogens (tertiary/aromatic N) is 1. The third-order valence-electron chi connectivity index (χ3n) is 8.56. The number of likely N-dealkylation sites (N-methyl/N-ethyl adjacent to an activating group) is 1. The van der Waals surface area contributed by atoms with Gasteiger partial charge in [-0.05, 0) is 64.2 Å². The van der Waals surface area contributed by atoms with Gasteiger partial charge in [-0.2, -0.15) is 0 Å². The number of carbonyl (C=O) groups is 3. The van der Waals surface area contributed by atoms with Gasteiger partial charge in [-0.1, -0.05) is 127 Å². The number of hydrogen-bond acceptors (Lipinski definition) is 8. The van der Waals surface area contributed by atoms with Crippen LogP contribution in [-0.2, 0) is 33.3 Å². The summed E-state index contributed by atoms with van der Waals surface area (Å²) < 4.78 is 22.5. The van der Waals surface area contributed by atoms with Gasteiger partial charge in [0.1, 0.15) is 13.2 Å². The van der Waals surface area contributed by atoms with E-state index in [1.807, 2.05) is 21.1 Å². The van der Waals surface area contributed by atoms with Crippen LogP contribution in [0.2, 0.25) is 0 Å². The van der Waals surface area contributed by atoms with Crippen molar-refractivity contribution < 1.29 is 42.9 Å². The van der Waals surface area contributed by atoms with Gasteiger partial charge in [0.15, 0.2) is 12.4 Å². The molecule has 0 spiro atoms. The van der Waals surface area contributed by atoms with E-state index in [-0.39, 0.29) is 38.6 Å². The minimum atomic E-state index is -1.62. The number of unbranched alkanes of at least 4 members (excludes halogenated alkanes) is 14. The predicted octanol–water partition coefficient (Wildman–Crippen LogP) is 9.10. The Labute approximate surface area is 323 Å². The second kappa shape index (κ2) is 36.2. The Kier molecular flexibility index (Phi) is 34.4. The van der Waals surface area contributed by atoms with E-state index in [4.69, 9.17) is 18.9 Å². The molecule has 9 heteroatoms. The van der Waals surface area contributed by atoms with E-state index in [0.29, 0.717) is 17.4 Å². The second-order valence-electron chi connectivity index (χ2n) is 14.9. The lowest BCUT2D eigenvalue weighted by Gasteiger charge is -2.26.